The fraction of sp³-hybridized carbons (Fsp3) is 0.182. The average Bonchev–Trinajstić information content (AvgIpc) is 3.14. The van der Waals surface area contributed by atoms with E-state index < -0.39 is 16.1 Å². The number of nitrogens with one attached hydrogen (secondary N) is 1. The summed E-state index contributed by atoms with van der Waals surface area (Å²) in [4.78, 5) is 0.153. The summed E-state index contributed by atoms with van der Waals surface area (Å²) in [5.41, 5.74) is 3.09. The van der Waals surface area contributed by atoms with Crippen LogP contribution in [-0.4, -0.2) is 20.3 Å². The van der Waals surface area contributed by atoms with Gasteiger partial charge in [-0.2, -0.15) is 4.72 Å². The van der Waals surface area contributed by atoms with Gasteiger partial charge in [-0.15, -0.1) is 0 Å². The van der Waals surface area contributed by atoms with Crippen LogP contribution in [0.3, 0.4) is 0 Å². The molecule has 0 saturated heterocycles. The molecule has 1 atom stereocenters. The normalized spacial score (nSPS) is 14.0. The van der Waals surface area contributed by atoms with E-state index in [0.29, 0.717) is 22.6 Å². The number of hydrogen-bond acceptors (Lipinski definition) is 5. The molecule has 6 nitrogen and oxygen atoms in total. The van der Waals surface area contributed by atoms with Crippen molar-refractivity contribution >= 4 is 10.0 Å². The number of phenols is 1. The number of hydrogen-bond donors (Lipinski definition) is 2. The number of rotatable bonds is 5. The average molecular weight is 411 g/mol. The lowest BCUT2D eigenvalue weighted by Crippen LogP contribution is -2.29. The molecule has 2 N–H and O–H groups in total. The first kappa shape index (κ1) is 19.3. The van der Waals surface area contributed by atoms with Crippen molar-refractivity contribution < 1.29 is 23.0 Å². The van der Waals surface area contributed by atoms with Crippen LogP contribution in [0.4, 0.5) is 0 Å². The summed E-state index contributed by atoms with van der Waals surface area (Å²) in [6.07, 6.45) is 0. The first-order valence-electron chi connectivity index (χ1n) is 9.11. The number of phenolic OH excluding ortho intramolecular Hbond substituents is 1. The number of benzene rings is 3. The van der Waals surface area contributed by atoms with Crippen LogP contribution in [0, 0.1) is 13.8 Å². The van der Waals surface area contributed by atoms with E-state index in [1.54, 1.807) is 30.3 Å². The second-order valence-corrected chi connectivity index (χ2v) is 8.76. The quantitative estimate of drug-likeness (QED) is 0.667. The van der Waals surface area contributed by atoms with E-state index >= 15 is 0 Å². The highest BCUT2D eigenvalue weighted by atomic mass is 32.2. The number of aryl methyl sites for hydroxylation is 2. The lowest BCUT2D eigenvalue weighted by molar-refractivity contribution is 0.174. The molecule has 4 rings (SSSR count). The summed E-state index contributed by atoms with van der Waals surface area (Å²) in [6, 6.07) is 16.3. The van der Waals surface area contributed by atoms with Gasteiger partial charge in [0.25, 0.3) is 0 Å². The fourth-order valence-corrected chi connectivity index (χ4v) is 4.39. The molecule has 1 unspecified atom stereocenters. The van der Waals surface area contributed by atoms with E-state index in [1.165, 1.54) is 6.07 Å². The number of ether oxygens (including phenoxy) is 2. The van der Waals surface area contributed by atoms with Gasteiger partial charge < -0.3 is 14.6 Å². The molecule has 3 aromatic rings. The van der Waals surface area contributed by atoms with Gasteiger partial charge in [-0.3, -0.25) is 0 Å². The molecule has 150 valence electrons. The third-order valence-electron chi connectivity index (χ3n) is 4.85. The van der Waals surface area contributed by atoms with Crippen molar-refractivity contribution in [3.8, 4) is 17.2 Å². The van der Waals surface area contributed by atoms with Crippen molar-refractivity contribution in [1.82, 2.24) is 4.72 Å². The second kappa shape index (κ2) is 7.42. The summed E-state index contributed by atoms with van der Waals surface area (Å²) in [5, 5.41) is 10.6. The monoisotopic (exact) mass is 411 g/mol. The molecule has 1 aliphatic heterocycles. The number of fused-ring (bicyclic) bond motifs is 1. The molecule has 0 spiro atoms. The van der Waals surface area contributed by atoms with Crippen LogP contribution < -0.4 is 14.2 Å². The van der Waals surface area contributed by atoms with Crippen LogP contribution >= 0.6 is 0 Å². The van der Waals surface area contributed by atoms with Crippen molar-refractivity contribution in [2.75, 3.05) is 6.79 Å². The van der Waals surface area contributed by atoms with E-state index in [9.17, 15) is 13.5 Å². The molecule has 0 saturated carbocycles. The Morgan fingerprint density at radius 3 is 2.07 bits per heavy atom. The van der Waals surface area contributed by atoms with Gasteiger partial charge in [0.15, 0.2) is 11.5 Å². The molecule has 0 fully saturated rings. The zero-order valence-corrected chi connectivity index (χ0v) is 16.9. The molecule has 0 radical (unpaired) electrons. The highest BCUT2D eigenvalue weighted by Gasteiger charge is 2.28. The van der Waals surface area contributed by atoms with Crippen molar-refractivity contribution in [3.05, 3.63) is 82.9 Å². The number of aromatic hydroxyl groups is 1. The van der Waals surface area contributed by atoms with Gasteiger partial charge in [0.2, 0.25) is 16.8 Å². The van der Waals surface area contributed by atoms with E-state index in [4.69, 9.17) is 9.47 Å². The molecule has 0 aromatic heterocycles. The molecular weight excluding hydrogens is 390 g/mol. The lowest BCUT2D eigenvalue weighted by Gasteiger charge is -2.21. The zero-order chi connectivity index (χ0) is 20.6. The van der Waals surface area contributed by atoms with Gasteiger partial charge >= 0.3 is 0 Å². The Balaban J connectivity index is 1.79. The molecule has 0 bridgehead atoms. The second-order valence-electron chi connectivity index (χ2n) is 7.04. The summed E-state index contributed by atoms with van der Waals surface area (Å²) in [6.45, 7) is 3.90. The van der Waals surface area contributed by atoms with Gasteiger partial charge in [0.05, 0.1) is 10.9 Å². The van der Waals surface area contributed by atoms with E-state index in [-0.39, 0.29) is 17.4 Å². The van der Waals surface area contributed by atoms with E-state index in [0.717, 1.165) is 11.1 Å². The highest BCUT2D eigenvalue weighted by molar-refractivity contribution is 7.89. The number of sulfonamides is 1. The summed E-state index contributed by atoms with van der Waals surface area (Å²) >= 11 is 0. The van der Waals surface area contributed by atoms with Gasteiger partial charge in [-0.1, -0.05) is 47.5 Å². The van der Waals surface area contributed by atoms with Crippen LogP contribution in [0.25, 0.3) is 0 Å². The standard InChI is InChI=1S/C22H21NO5S/c1-14-3-7-16(8-4-14)22(18-11-20-21(12-19(18)24)28-13-27-20)23-29(25,26)17-9-5-15(2)6-10-17/h3-12,22-24H,13H2,1-2H3. The fourth-order valence-electron chi connectivity index (χ4n) is 3.19. The lowest BCUT2D eigenvalue weighted by atomic mass is 9.97. The third-order valence-corrected chi connectivity index (χ3v) is 6.29. The molecule has 0 aliphatic carbocycles. The largest absolute Gasteiger partial charge is 0.507 e. The topological polar surface area (TPSA) is 84.9 Å². The van der Waals surface area contributed by atoms with Crippen LogP contribution in [0.5, 0.6) is 17.2 Å². The Hall–Kier alpha value is -3.03. The van der Waals surface area contributed by atoms with Gasteiger partial charge in [-0.25, -0.2) is 8.42 Å². The molecule has 1 aliphatic rings. The summed E-state index contributed by atoms with van der Waals surface area (Å²) in [5.74, 6) is 0.811. The maximum atomic E-state index is 13.1. The van der Waals surface area contributed by atoms with Crippen molar-refractivity contribution in [2.45, 2.75) is 24.8 Å². The van der Waals surface area contributed by atoms with Crippen LogP contribution in [0.15, 0.2) is 65.6 Å². The molecule has 0 amide bonds. The minimum atomic E-state index is -3.85. The van der Waals surface area contributed by atoms with Crippen molar-refractivity contribution in [2.24, 2.45) is 0 Å². The predicted molar refractivity (Wildman–Crippen MR) is 109 cm³/mol. The molecular formula is C22H21NO5S. The highest BCUT2D eigenvalue weighted by Crippen LogP contribution is 2.41. The van der Waals surface area contributed by atoms with Crippen molar-refractivity contribution in [3.63, 3.8) is 0 Å². The maximum absolute atomic E-state index is 13.1. The van der Waals surface area contributed by atoms with Gasteiger partial charge in [0, 0.05) is 11.6 Å². The zero-order valence-electron chi connectivity index (χ0n) is 16.0. The van der Waals surface area contributed by atoms with Crippen molar-refractivity contribution in [1.29, 1.82) is 0 Å². The Labute approximate surface area is 169 Å². The van der Waals surface area contributed by atoms with Crippen LogP contribution in [0.2, 0.25) is 0 Å². The minimum Gasteiger partial charge on any atom is -0.507 e. The SMILES string of the molecule is Cc1ccc(C(NS(=O)(=O)c2ccc(C)cc2)c2cc3c(cc2O)OCO3)cc1. The molecule has 7 heteroatoms. The Morgan fingerprint density at radius 2 is 1.45 bits per heavy atom. The summed E-state index contributed by atoms with van der Waals surface area (Å²) in [7, 11) is -3.85. The predicted octanol–water partition coefficient (Wildman–Crippen LogP) is 3.81. The third kappa shape index (κ3) is 3.92. The smallest absolute Gasteiger partial charge is 0.241 e. The summed E-state index contributed by atoms with van der Waals surface area (Å²) < 4.78 is 39.6. The minimum absolute atomic E-state index is 0.0581. The Bertz CT molecular complexity index is 1140. The van der Waals surface area contributed by atoms with Gasteiger partial charge in [-0.05, 0) is 37.6 Å². The molecule has 3 aromatic carbocycles. The van der Waals surface area contributed by atoms with E-state index in [1.807, 2.05) is 38.1 Å². The first-order valence-corrected chi connectivity index (χ1v) is 10.6. The maximum Gasteiger partial charge on any atom is 0.241 e. The Kier molecular flexibility index (Phi) is 4.94. The van der Waals surface area contributed by atoms with Gasteiger partial charge in [0.1, 0.15) is 5.75 Å². The molecule has 29 heavy (non-hydrogen) atoms. The van der Waals surface area contributed by atoms with Crippen LogP contribution in [0.1, 0.15) is 28.3 Å². The van der Waals surface area contributed by atoms with Crippen LogP contribution in [-0.2, 0) is 10.0 Å². The van der Waals surface area contributed by atoms with E-state index in [2.05, 4.69) is 4.72 Å². The molecule has 1 heterocycles. The first-order chi connectivity index (χ1) is 13.8. The Morgan fingerprint density at radius 1 is 0.897 bits per heavy atom.